The Morgan fingerprint density at radius 1 is 1.03 bits per heavy atom. The number of urea groups is 1. The SMILES string of the molecule is CC.CC(C)(C)OC(=O)NCc1ccc(C(=N)N)cc1.CNC(=O)NCCC(=N)N. The largest absolute Gasteiger partial charge is 0.444 e. The van der Waals surface area contributed by atoms with Gasteiger partial charge in [-0.3, -0.25) is 10.8 Å². The first-order chi connectivity index (χ1) is 13.9. The monoisotopic (exact) mass is 423 g/mol. The van der Waals surface area contributed by atoms with Gasteiger partial charge in [0.1, 0.15) is 11.4 Å². The number of hydrogen-bond donors (Lipinski definition) is 7. The highest BCUT2D eigenvalue weighted by atomic mass is 16.6. The molecule has 3 amide bonds. The van der Waals surface area contributed by atoms with E-state index in [9.17, 15) is 9.59 Å². The maximum absolute atomic E-state index is 11.4. The molecule has 0 radical (unpaired) electrons. The van der Waals surface area contributed by atoms with Crippen molar-refractivity contribution in [3.63, 3.8) is 0 Å². The van der Waals surface area contributed by atoms with Gasteiger partial charge >= 0.3 is 12.1 Å². The summed E-state index contributed by atoms with van der Waals surface area (Å²) >= 11 is 0. The molecule has 10 nitrogen and oxygen atoms in total. The van der Waals surface area contributed by atoms with E-state index in [1.807, 2.05) is 46.8 Å². The summed E-state index contributed by atoms with van der Waals surface area (Å²) in [6, 6.07) is 6.87. The quantitative estimate of drug-likeness (QED) is 0.273. The summed E-state index contributed by atoms with van der Waals surface area (Å²) in [7, 11) is 1.53. The zero-order chi connectivity index (χ0) is 23.7. The van der Waals surface area contributed by atoms with Crippen LogP contribution in [0.1, 0.15) is 52.2 Å². The molecule has 0 aromatic heterocycles. The molecule has 1 rings (SSSR count). The first-order valence-electron chi connectivity index (χ1n) is 9.63. The number of amides is 3. The van der Waals surface area contributed by atoms with E-state index in [0.717, 1.165) is 5.56 Å². The standard InChI is InChI=1S/C13H19N3O2.C5H12N4O.C2H6/c1-13(2,3)18-12(17)16-8-9-4-6-10(7-5-9)11(14)15;1-8-5(10)9-3-2-4(6)7;1-2/h4-7H,8H2,1-3H3,(H3,14,15)(H,16,17);2-3H2,1H3,(H3,6,7)(H2,8,9,10);1-2H3. The molecule has 0 spiro atoms. The minimum atomic E-state index is -0.497. The molecule has 0 unspecified atom stereocenters. The fourth-order valence-electron chi connectivity index (χ4n) is 1.69. The van der Waals surface area contributed by atoms with Gasteiger partial charge in [0.05, 0.1) is 5.84 Å². The van der Waals surface area contributed by atoms with Crippen molar-refractivity contribution < 1.29 is 14.3 Å². The van der Waals surface area contributed by atoms with Crippen LogP contribution in [-0.4, -0.2) is 43.0 Å². The Balaban J connectivity index is 0. The lowest BCUT2D eigenvalue weighted by Gasteiger charge is -2.19. The van der Waals surface area contributed by atoms with Crippen molar-refractivity contribution in [3.8, 4) is 0 Å². The van der Waals surface area contributed by atoms with Crippen LogP contribution in [0.3, 0.4) is 0 Å². The Bertz CT molecular complexity index is 668. The first kappa shape index (κ1) is 28.9. The summed E-state index contributed by atoms with van der Waals surface area (Å²) < 4.78 is 5.12. The second-order valence-corrected chi connectivity index (χ2v) is 6.75. The number of carbonyl (C=O) groups excluding carboxylic acids is 2. The third-order valence-electron chi connectivity index (χ3n) is 3.01. The van der Waals surface area contributed by atoms with Crippen molar-refractivity contribution in [3.05, 3.63) is 35.4 Å². The van der Waals surface area contributed by atoms with Gasteiger partial charge in [-0.05, 0) is 26.3 Å². The number of benzene rings is 1. The van der Waals surface area contributed by atoms with Crippen molar-refractivity contribution >= 4 is 23.8 Å². The summed E-state index contributed by atoms with van der Waals surface area (Å²) in [6.45, 7) is 10.2. The van der Waals surface area contributed by atoms with Gasteiger partial charge in [0.15, 0.2) is 0 Å². The minimum Gasteiger partial charge on any atom is -0.444 e. The molecule has 1 aromatic carbocycles. The van der Waals surface area contributed by atoms with Gasteiger partial charge in [-0.15, -0.1) is 0 Å². The van der Waals surface area contributed by atoms with Crippen molar-refractivity contribution in [1.82, 2.24) is 16.0 Å². The molecule has 30 heavy (non-hydrogen) atoms. The topological polar surface area (TPSA) is 179 Å². The number of carbonyl (C=O) groups is 2. The van der Waals surface area contributed by atoms with Gasteiger partial charge in [-0.25, -0.2) is 9.59 Å². The summed E-state index contributed by atoms with van der Waals surface area (Å²) in [5.41, 5.74) is 11.5. The molecule has 10 heteroatoms. The molecule has 0 aliphatic rings. The lowest BCUT2D eigenvalue weighted by atomic mass is 10.1. The van der Waals surface area contributed by atoms with Crippen LogP contribution < -0.4 is 27.4 Å². The Morgan fingerprint density at radius 3 is 1.97 bits per heavy atom. The number of nitrogen functional groups attached to an aromatic ring is 1. The third kappa shape index (κ3) is 16.8. The number of hydrogen-bond acceptors (Lipinski definition) is 5. The molecule has 0 saturated heterocycles. The average molecular weight is 424 g/mol. The molecule has 0 heterocycles. The van der Waals surface area contributed by atoms with Gasteiger partial charge in [0.2, 0.25) is 0 Å². The van der Waals surface area contributed by atoms with Gasteiger partial charge in [0, 0.05) is 32.1 Å². The maximum atomic E-state index is 11.4. The molecule has 0 aliphatic carbocycles. The lowest BCUT2D eigenvalue weighted by molar-refractivity contribution is 0.0523. The average Bonchev–Trinajstić information content (AvgIpc) is 2.67. The number of ether oxygens (including phenoxy) is 1. The van der Waals surface area contributed by atoms with Crippen molar-refractivity contribution in [1.29, 1.82) is 10.8 Å². The number of nitrogens with one attached hydrogen (secondary N) is 5. The van der Waals surface area contributed by atoms with E-state index in [-0.39, 0.29) is 17.7 Å². The first-order valence-corrected chi connectivity index (χ1v) is 9.63. The molecular weight excluding hydrogens is 386 g/mol. The highest BCUT2D eigenvalue weighted by molar-refractivity contribution is 5.94. The zero-order valence-electron chi connectivity index (χ0n) is 18.8. The Labute approximate surface area is 179 Å². The van der Waals surface area contributed by atoms with E-state index in [0.29, 0.717) is 25.1 Å². The van der Waals surface area contributed by atoms with Crippen LogP contribution in [0.4, 0.5) is 9.59 Å². The molecule has 0 saturated carbocycles. The lowest BCUT2D eigenvalue weighted by Crippen LogP contribution is -2.34. The maximum Gasteiger partial charge on any atom is 0.407 e. The molecule has 0 fully saturated rings. The van der Waals surface area contributed by atoms with E-state index < -0.39 is 11.7 Å². The molecule has 0 atom stereocenters. The number of alkyl carbamates (subject to hydrolysis) is 1. The number of nitrogens with two attached hydrogens (primary N) is 2. The normalized spacial score (nSPS) is 9.53. The molecule has 170 valence electrons. The molecule has 9 N–H and O–H groups in total. The second kappa shape index (κ2) is 15.6. The van der Waals surface area contributed by atoms with Crippen molar-refractivity contribution in [2.75, 3.05) is 13.6 Å². The van der Waals surface area contributed by atoms with Crippen LogP contribution in [0.25, 0.3) is 0 Å². The predicted molar refractivity (Wildman–Crippen MR) is 121 cm³/mol. The fraction of sp³-hybridized carbons (Fsp3) is 0.500. The van der Waals surface area contributed by atoms with Crippen molar-refractivity contribution in [2.45, 2.75) is 53.2 Å². The third-order valence-corrected chi connectivity index (χ3v) is 3.01. The smallest absolute Gasteiger partial charge is 0.407 e. The Kier molecular flexibility index (Phi) is 15.0. The second-order valence-electron chi connectivity index (χ2n) is 6.75. The summed E-state index contributed by atoms with van der Waals surface area (Å²) in [6.07, 6.45) is -0.0499. The highest BCUT2D eigenvalue weighted by Gasteiger charge is 2.15. The van der Waals surface area contributed by atoms with Gasteiger partial charge in [-0.2, -0.15) is 0 Å². The summed E-state index contributed by atoms with van der Waals surface area (Å²) in [5.74, 6) is 0.109. The van der Waals surface area contributed by atoms with Crippen LogP contribution in [0, 0.1) is 10.8 Å². The van der Waals surface area contributed by atoms with Crippen LogP contribution in [0.15, 0.2) is 24.3 Å². The minimum absolute atomic E-state index is 0.0293. The molecule has 1 aromatic rings. The molecule has 0 bridgehead atoms. The highest BCUT2D eigenvalue weighted by Crippen LogP contribution is 2.07. The van der Waals surface area contributed by atoms with Crippen LogP contribution in [-0.2, 0) is 11.3 Å². The zero-order valence-corrected chi connectivity index (χ0v) is 18.8. The van der Waals surface area contributed by atoms with Crippen LogP contribution in [0.5, 0.6) is 0 Å². The van der Waals surface area contributed by atoms with E-state index in [2.05, 4.69) is 16.0 Å². The predicted octanol–water partition coefficient (Wildman–Crippen LogP) is 2.26. The van der Waals surface area contributed by atoms with E-state index in [1.165, 1.54) is 7.05 Å². The molecular formula is C20H37N7O3. The van der Waals surface area contributed by atoms with E-state index in [1.54, 1.807) is 12.1 Å². The van der Waals surface area contributed by atoms with E-state index in [4.69, 9.17) is 27.0 Å². The number of rotatable bonds is 6. The Hall–Kier alpha value is -3.30. The number of amidine groups is 2. The van der Waals surface area contributed by atoms with Gasteiger partial charge < -0.3 is 32.2 Å². The van der Waals surface area contributed by atoms with E-state index >= 15 is 0 Å². The summed E-state index contributed by atoms with van der Waals surface area (Å²) in [5, 5.41) is 21.6. The van der Waals surface area contributed by atoms with Crippen LogP contribution >= 0.6 is 0 Å². The van der Waals surface area contributed by atoms with Crippen molar-refractivity contribution in [2.24, 2.45) is 11.5 Å². The molecule has 0 aliphatic heterocycles. The van der Waals surface area contributed by atoms with Gasteiger partial charge in [0.25, 0.3) is 0 Å². The van der Waals surface area contributed by atoms with Gasteiger partial charge in [-0.1, -0.05) is 38.1 Å². The fourth-order valence-corrected chi connectivity index (χ4v) is 1.69. The Morgan fingerprint density at radius 2 is 1.57 bits per heavy atom. The summed E-state index contributed by atoms with van der Waals surface area (Å²) in [4.78, 5) is 21.9. The van der Waals surface area contributed by atoms with Crippen LogP contribution in [0.2, 0.25) is 0 Å².